The lowest BCUT2D eigenvalue weighted by molar-refractivity contribution is 0.0939. The topological polar surface area (TPSA) is 46.1 Å². The van der Waals surface area contributed by atoms with Crippen LogP contribution in [-0.4, -0.2) is 10.5 Å². The first-order valence-electron chi connectivity index (χ1n) is 7.27. The molecular weight excluding hydrogens is 362 g/mol. The molecule has 2 N–H and O–H groups in total. The van der Waals surface area contributed by atoms with Gasteiger partial charge in [-0.3, -0.25) is 9.36 Å². The van der Waals surface area contributed by atoms with Gasteiger partial charge in [0.1, 0.15) is 16.9 Å². The predicted octanol–water partition coefficient (Wildman–Crippen LogP) is 4.78. The minimum Gasteiger partial charge on any atom is -0.346 e. The molecule has 0 saturated heterocycles. The van der Waals surface area contributed by atoms with Gasteiger partial charge in [-0.05, 0) is 42.0 Å². The summed E-state index contributed by atoms with van der Waals surface area (Å²) in [6.45, 7) is 0. The molecule has 4 rings (SSSR count). The number of thiazole rings is 1. The first-order chi connectivity index (χ1) is 11.6. The van der Waals surface area contributed by atoms with E-state index in [0.29, 0.717) is 13.9 Å². The summed E-state index contributed by atoms with van der Waals surface area (Å²) in [5, 5.41) is 7.00. The highest BCUT2D eigenvalue weighted by molar-refractivity contribution is 7.73. The Balaban J connectivity index is 1.80. The Bertz CT molecular complexity index is 964. The third-order valence-corrected chi connectivity index (χ3v) is 5.42. The molecule has 3 aromatic rings. The lowest BCUT2D eigenvalue weighted by Crippen LogP contribution is -2.38. The van der Waals surface area contributed by atoms with Gasteiger partial charge in [-0.25, -0.2) is 0 Å². The fourth-order valence-corrected chi connectivity index (χ4v) is 4.09. The minimum atomic E-state index is -0.332. The number of nitrogens with zero attached hydrogens (tertiary/aromatic N) is 1. The van der Waals surface area contributed by atoms with Crippen molar-refractivity contribution in [2.24, 2.45) is 0 Å². The van der Waals surface area contributed by atoms with E-state index in [2.05, 4.69) is 10.6 Å². The molecule has 1 amide bonds. The van der Waals surface area contributed by atoms with E-state index in [-0.39, 0.29) is 12.1 Å². The van der Waals surface area contributed by atoms with E-state index < -0.39 is 0 Å². The molecule has 0 aliphatic carbocycles. The van der Waals surface area contributed by atoms with Gasteiger partial charge in [-0.15, -0.1) is 0 Å². The van der Waals surface area contributed by atoms with Crippen LogP contribution in [0.2, 0.25) is 5.02 Å². The van der Waals surface area contributed by atoms with Gasteiger partial charge in [-0.1, -0.05) is 53.3 Å². The summed E-state index contributed by atoms with van der Waals surface area (Å²) in [7, 11) is 0. The molecule has 1 aliphatic rings. The second-order valence-electron chi connectivity index (χ2n) is 5.32. The third kappa shape index (κ3) is 2.62. The van der Waals surface area contributed by atoms with E-state index in [1.165, 1.54) is 11.3 Å². The van der Waals surface area contributed by atoms with Crippen LogP contribution in [0.15, 0.2) is 54.6 Å². The van der Waals surface area contributed by atoms with Gasteiger partial charge < -0.3 is 10.6 Å². The SMILES string of the molecule is O=C1N[C@H](c2ccc(Cl)cc2)Nc2c1sc(=S)n2-c1ccccc1. The van der Waals surface area contributed by atoms with Crippen LogP contribution in [0.4, 0.5) is 5.82 Å². The Morgan fingerprint density at radius 2 is 1.75 bits per heavy atom. The number of hydrogen-bond donors (Lipinski definition) is 2. The molecule has 7 heteroatoms. The molecule has 2 aromatic carbocycles. The van der Waals surface area contributed by atoms with Crippen LogP contribution >= 0.6 is 35.2 Å². The van der Waals surface area contributed by atoms with Gasteiger partial charge >= 0.3 is 0 Å². The highest BCUT2D eigenvalue weighted by atomic mass is 35.5. The van der Waals surface area contributed by atoms with Crippen LogP contribution in [0, 0.1) is 3.95 Å². The zero-order valence-electron chi connectivity index (χ0n) is 12.3. The lowest BCUT2D eigenvalue weighted by atomic mass is 10.1. The number of amides is 1. The zero-order chi connectivity index (χ0) is 16.7. The molecule has 2 heterocycles. The number of nitrogens with one attached hydrogen (secondary N) is 2. The smallest absolute Gasteiger partial charge is 0.267 e. The fourth-order valence-electron chi connectivity index (χ4n) is 2.66. The maximum Gasteiger partial charge on any atom is 0.267 e. The Labute approximate surface area is 152 Å². The molecule has 0 unspecified atom stereocenters. The number of carbonyl (C=O) groups excluding carboxylic acids is 1. The summed E-state index contributed by atoms with van der Waals surface area (Å²) in [5.41, 5.74) is 1.85. The summed E-state index contributed by atoms with van der Waals surface area (Å²) in [6, 6.07) is 17.2. The van der Waals surface area contributed by atoms with Gasteiger partial charge in [0.15, 0.2) is 3.95 Å². The summed E-state index contributed by atoms with van der Waals surface area (Å²) in [4.78, 5) is 13.1. The van der Waals surface area contributed by atoms with Crippen LogP contribution in [-0.2, 0) is 0 Å². The van der Waals surface area contributed by atoms with Crippen molar-refractivity contribution in [2.75, 3.05) is 5.32 Å². The van der Waals surface area contributed by atoms with E-state index in [0.717, 1.165) is 17.1 Å². The molecule has 1 aliphatic heterocycles. The number of aromatic nitrogens is 1. The molecule has 0 spiro atoms. The number of benzene rings is 2. The zero-order valence-corrected chi connectivity index (χ0v) is 14.7. The number of fused-ring (bicyclic) bond motifs is 1. The van der Waals surface area contributed by atoms with Crippen LogP contribution in [0.25, 0.3) is 5.69 Å². The van der Waals surface area contributed by atoms with Crippen molar-refractivity contribution in [3.8, 4) is 5.69 Å². The third-order valence-electron chi connectivity index (χ3n) is 3.79. The van der Waals surface area contributed by atoms with Crippen LogP contribution in [0.5, 0.6) is 0 Å². The highest BCUT2D eigenvalue weighted by Crippen LogP contribution is 2.34. The number of hydrogen-bond acceptors (Lipinski definition) is 4. The van der Waals surface area contributed by atoms with Crippen LogP contribution in [0.1, 0.15) is 21.4 Å². The maximum atomic E-state index is 12.5. The van der Waals surface area contributed by atoms with Gasteiger partial charge in [0.05, 0.1) is 0 Å². The molecule has 0 fully saturated rings. The standard InChI is InChI=1S/C17H12ClN3OS2/c18-11-8-6-10(7-9-11)14-19-15-13(16(22)20-14)24-17(23)21(15)12-4-2-1-3-5-12/h1-9,14,19H,(H,20,22)/t14-/m1/s1. The van der Waals surface area contributed by atoms with E-state index in [9.17, 15) is 4.79 Å². The van der Waals surface area contributed by atoms with E-state index >= 15 is 0 Å². The Kier molecular flexibility index (Phi) is 3.88. The van der Waals surface area contributed by atoms with Crippen molar-refractivity contribution >= 4 is 46.9 Å². The van der Waals surface area contributed by atoms with E-state index in [1.807, 2.05) is 47.0 Å². The molecular formula is C17H12ClN3OS2. The quantitative estimate of drug-likeness (QED) is 0.636. The number of halogens is 1. The van der Waals surface area contributed by atoms with Gasteiger partial charge in [0, 0.05) is 10.7 Å². The Morgan fingerprint density at radius 1 is 1.04 bits per heavy atom. The summed E-state index contributed by atoms with van der Waals surface area (Å²) in [5.74, 6) is 0.592. The number of para-hydroxylation sites is 1. The van der Waals surface area contributed by atoms with Crippen molar-refractivity contribution in [3.05, 3.63) is 74.0 Å². The lowest BCUT2D eigenvalue weighted by Gasteiger charge is -2.27. The summed E-state index contributed by atoms with van der Waals surface area (Å²) < 4.78 is 2.53. The van der Waals surface area contributed by atoms with Crippen molar-refractivity contribution in [2.45, 2.75) is 6.17 Å². The van der Waals surface area contributed by atoms with Crippen molar-refractivity contribution in [1.29, 1.82) is 0 Å². The summed E-state index contributed by atoms with van der Waals surface area (Å²) >= 11 is 12.7. The van der Waals surface area contributed by atoms with Crippen LogP contribution < -0.4 is 10.6 Å². The van der Waals surface area contributed by atoms with Crippen molar-refractivity contribution in [1.82, 2.24) is 9.88 Å². The van der Waals surface area contributed by atoms with Gasteiger partial charge in [0.25, 0.3) is 5.91 Å². The largest absolute Gasteiger partial charge is 0.346 e. The molecule has 120 valence electrons. The average Bonchev–Trinajstić information content (AvgIpc) is 2.93. The Hall–Kier alpha value is -2.15. The molecule has 0 saturated carbocycles. The Morgan fingerprint density at radius 3 is 2.46 bits per heavy atom. The van der Waals surface area contributed by atoms with E-state index in [4.69, 9.17) is 23.8 Å². The number of anilines is 1. The minimum absolute atomic E-state index is 0.130. The number of carbonyl (C=O) groups is 1. The molecule has 4 nitrogen and oxygen atoms in total. The van der Waals surface area contributed by atoms with Gasteiger partial charge in [0.2, 0.25) is 0 Å². The normalized spacial score (nSPS) is 16.2. The molecule has 24 heavy (non-hydrogen) atoms. The molecule has 1 aromatic heterocycles. The first kappa shape index (κ1) is 15.4. The predicted molar refractivity (Wildman–Crippen MR) is 99.8 cm³/mol. The summed E-state index contributed by atoms with van der Waals surface area (Å²) in [6.07, 6.45) is -0.332. The second-order valence-corrected chi connectivity index (χ2v) is 7.40. The second kappa shape index (κ2) is 6.05. The molecule has 0 bridgehead atoms. The highest BCUT2D eigenvalue weighted by Gasteiger charge is 2.29. The van der Waals surface area contributed by atoms with E-state index in [1.54, 1.807) is 12.1 Å². The van der Waals surface area contributed by atoms with Gasteiger partial charge in [-0.2, -0.15) is 0 Å². The number of rotatable bonds is 2. The monoisotopic (exact) mass is 373 g/mol. The first-order valence-corrected chi connectivity index (χ1v) is 8.88. The molecule has 0 radical (unpaired) electrons. The fraction of sp³-hybridized carbons (Fsp3) is 0.0588. The van der Waals surface area contributed by atoms with Crippen molar-refractivity contribution < 1.29 is 4.79 Å². The van der Waals surface area contributed by atoms with Crippen molar-refractivity contribution in [3.63, 3.8) is 0 Å². The maximum absolute atomic E-state index is 12.5. The van der Waals surface area contributed by atoms with Crippen LogP contribution in [0.3, 0.4) is 0 Å². The average molecular weight is 374 g/mol. The molecule has 1 atom stereocenters.